The fourth-order valence-electron chi connectivity index (χ4n) is 1.92. The molecule has 1 atom stereocenters. The van der Waals surface area contributed by atoms with Crippen molar-refractivity contribution in [2.24, 2.45) is 11.7 Å². The van der Waals surface area contributed by atoms with Gasteiger partial charge in [0.25, 0.3) is 0 Å². The molecule has 0 spiro atoms. The molecule has 1 amide bonds. The Balaban J connectivity index is 2.03. The molecule has 0 saturated heterocycles. The number of hydrogen-bond donors (Lipinski definition) is 2. The van der Waals surface area contributed by atoms with Crippen molar-refractivity contribution in [2.45, 2.75) is 20.0 Å². The molecule has 1 heterocycles. The van der Waals surface area contributed by atoms with Gasteiger partial charge in [-0.1, -0.05) is 31.2 Å². The molecule has 2 rings (SSSR count). The highest BCUT2D eigenvalue weighted by atomic mass is 16.1. The van der Waals surface area contributed by atoms with Gasteiger partial charge in [-0.15, -0.1) is 0 Å². The molecule has 0 fully saturated rings. The van der Waals surface area contributed by atoms with E-state index < -0.39 is 0 Å². The van der Waals surface area contributed by atoms with Crippen molar-refractivity contribution in [1.82, 2.24) is 15.1 Å². The van der Waals surface area contributed by atoms with E-state index in [0.29, 0.717) is 19.6 Å². The summed E-state index contributed by atoms with van der Waals surface area (Å²) in [6.07, 6.45) is 3.68. The lowest BCUT2D eigenvalue weighted by Crippen LogP contribution is -2.33. The van der Waals surface area contributed by atoms with Crippen LogP contribution in [0.15, 0.2) is 42.7 Å². The van der Waals surface area contributed by atoms with Crippen LogP contribution in [0.5, 0.6) is 0 Å². The highest BCUT2D eigenvalue weighted by Gasteiger charge is 2.11. The Labute approximate surface area is 118 Å². The van der Waals surface area contributed by atoms with Crippen molar-refractivity contribution in [3.05, 3.63) is 53.9 Å². The maximum Gasteiger partial charge on any atom is 0.224 e. The number of carbonyl (C=O) groups excluding carboxylic acids is 1. The highest BCUT2D eigenvalue weighted by Crippen LogP contribution is 2.10. The number of hydrogen-bond acceptors (Lipinski definition) is 3. The Morgan fingerprint density at radius 2 is 2.10 bits per heavy atom. The summed E-state index contributed by atoms with van der Waals surface area (Å²) >= 11 is 0. The van der Waals surface area contributed by atoms with Crippen molar-refractivity contribution in [3.8, 4) is 0 Å². The molecule has 0 aliphatic rings. The topological polar surface area (TPSA) is 72.9 Å². The second kappa shape index (κ2) is 6.86. The Morgan fingerprint density at radius 1 is 1.35 bits per heavy atom. The number of nitrogens with one attached hydrogen (secondary N) is 1. The molecule has 0 saturated carbocycles. The largest absolute Gasteiger partial charge is 0.352 e. The number of amides is 1. The van der Waals surface area contributed by atoms with Gasteiger partial charge in [-0.25, -0.2) is 0 Å². The number of benzene rings is 1. The molecule has 0 aliphatic carbocycles. The van der Waals surface area contributed by atoms with Crippen LogP contribution in [0.3, 0.4) is 0 Å². The summed E-state index contributed by atoms with van der Waals surface area (Å²) < 4.78 is 1.86. The van der Waals surface area contributed by atoms with E-state index in [2.05, 4.69) is 16.5 Å². The second-order valence-electron chi connectivity index (χ2n) is 4.83. The zero-order valence-corrected chi connectivity index (χ0v) is 11.6. The summed E-state index contributed by atoms with van der Waals surface area (Å²) in [7, 11) is 0. The summed E-state index contributed by atoms with van der Waals surface area (Å²) in [4.78, 5) is 11.8. The number of rotatable bonds is 6. The van der Waals surface area contributed by atoms with Crippen molar-refractivity contribution < 1.29 is 4.79 Å². The smallest absolute Gasteiger partial charge is 0.224 e. The molecule has 0 bridgehead atoms. The van der Waals surface area contributed by atoms with E-state index in [-0.39, 0.29) is 11.8 Å². The first-order valence-electron chi connectivity index (χ1n) is 6.72. The van der Waals surface area contributed by atoms with Crippen LogP contribution in [0.25, 0.3) is 0 Å². The van der Waals surface area contributed by atoms with Gasteiger partial charge in [0, 0.05) is 31.4 Å². The van der Waals surface area contributed by atoms with Crippen molar-refractivity contribution >= 4 is 5.91 Å². The lowest BCUT2D eigenvalue weighted by Gasteiger charge is -2.13. The molecule has 0 aliphatic heterocycles. The van der Waals surface area contributed by atoms with E-state index in [9.17, 15) is 4.79 Å². The van der Waals surface area contributed by atoms with Crippen LogP contribution in [-0.2, 0) is 17.9 Å². The molecular formula is C15H20N4O. The highest BCUT2D eigenvalue weighted by molar-refractivity contribution is 5.78. The number of aromatic nitrogens is 2. The first-order chi connectivity index (χ1) is 9.70. The molecule has 3 N–H and O–H groups in total. The summed E-state index contributed by atoms with van der Waals surface area (Å²) in [6.45, 7) is 3.40. The van der Waals surface area contributed by atoms with E-state index >= 15 is 0 Å². The van der Waals surface area contributed by atoms with Gasteiger partial charge in [0.15, 0.2) is 0 Å². The summed E-state index contributed by atoms with van der Waals surface area (Å²) in [6, 6.07) is 9.93. The van der Waals surface area contributed by atoms with Crippen molar-refractivity contribution in [3.63, 3.8) is 0 Å². The SMILES string of the molecule is CC(CN)C(=O)NCc1ccccc1Cn1cccn1. The maximum absolute atomic E-state index is 11.8. The number of nitrogens with zero attached hydrogens (tertiary/aromatic N) is 2. The van der Waals surface area contributed by atoms with E-state index in [4.69, 9.17) is 5.73 Å². The Hall–Kier alpha value is -2.14. The molecule has 0 radical (unpaired) electrons. The standard InChI is InChI=1S/C15H20N4O/c1-12(9-16)15(20)17-10-13-5-2-3-6-14(13)11-19-8-4-7-18-19/h2-8,12H,9-11,16H2,1H3,(H,17,20). The van der Waals surface area contributed by atoms with Gasteiger partial charge < -0.3 is 11.1 Å². The Morgan fingerprint density at radius 3 is 2.75 bits per heavy atom. The van der Waals surface area contributed by atoms with Gasteiger partial charge in [0.2, 0.25) is 5.91 Å². The maximum atomic E-state index is 11.8. The average molecular weight is 272 g/mol. The van der Waals surface area contributed by atoms with E-state index in [1.54, 1.807) is 6.20 Å². The zero-order chi connectivity index (χ0) is 14.4. The predicted octanol–water partition coefficient (Wildman–Crippen LogP) is 1.14. The van der Waals surface area contributed by atoms with Crippen LogP contribution in [0.2, 0.25) is 0 Å². The van der Waals surface area contributed by atoms with Crippen LogP contribution in [0.1, 0.15) is 18.1 Å². The molecule has 1 aromatic heterocycles. The number of carbonyl (C=O) groups is 1. The Bertz CT molecular complexity index is 551. The lowest BCUT2D eigenvalue weighted by molar-refractivity contribution is -0.124. The molecule has 5 nitrogen and oxygen atoms in total. The predicted molar refractivity (Wildman–Crippen MR) is 77.8 cm³/mol. The Kier molecular flexibility index (Phi) is 4.90. The van der Waals surface area contributed by atoms with Crippen LogP contribution in [0, 0.1) is 5.92 Å². The van der Waals surface area contributed by atoms with Gasteiger partial charge in [-0.05, 0) is 17.2 Å². The first kappa shape index (κ1) is 14.3. The fraction of sp³-hybridized carbons (Fsp3) is 0.333. The van der Waals surface area contributed by atoms with Crippen LogP contribution >= 0.6 is 0 Å². The summed E-state index contributed by atoms with van der Waals surface area (Å²) in [5.41, 5.74) is 7.74. The average Bonchev–Trinajstić information content (AvgIpc) is 2.98. The minimum absolute atomic E-state index is 0.0126. The monoisotopic (exact) mass is 272 g/mol. The summed E-state index contributed by atoms with van der Waals surface area (Å²) in [5.74, 6) is -0.172. The zero-order valence-electron chi connectivity index (χ0n) is 11.6. The van der Waals surface area contributed by atoms with Gasteiger partial charge in [0.05, 0.1) is 6.54 Å². The van der Waals surface area contributed by atoms with Crippen LogP contribution in [0.4, 0.5) is 0 Å². The van der Waals surface area contributed by atoms with Gasteiger partial charge >= 0.3 is 0 Å². The summed E-state index contributed by atoms with van der Waals surface area (Å²) in [5, 5.41) is 7.12. The van der Waals surface area contributed by atoms with Gasteiger partial charge in [-0.3, -0.25) is 9.48 Å². The first-order valence-corrected chi connectivity index (χ1v) is 6.72. The van der Waals surface area contributed by atoms with Crippen LogP contribution in [-0.4, -0.2) is 22.2 Å². The van der Waals surface area contributed by atoms with Gasteiger partial charge in [-0.2, -0.15) is 5.10 Å². The van der Waals surface area contributed by atoms with E-state index in [1.165, 1.54) is 0 Å². The van der Waals surface area contributed by atoms with E-state index in [1.807, 2.05) is 42.1 Å². The lowest BCUT2D eigenvalue weighted by atomic mass is 10.1. The molecule has 1 aromatic carbocycles. The van der Waals surface area contributed by atoms with Gasteiger partial charge in [0.1, 0.15) is 0 Å². The number of nitrogens with two attached hydrogens (primary N) is 1. The fourth-order valence-corrected chi connectivity index (χ4v) is 1.92. The quantitative estimate of drug-likeness (QED) is 0.828. The molecule has 1 unspecified atom stereocenters. The third-order valence-corrected chi connectivity index (χ3v) is 3.26. The third kappa shape index (κ3) is 3.68. The minimum atomic E-state index is -0.159. The molecular weight excluding hydrogens is 252 g/mol. The van der Waals surface area contributed by atoms with E-state index in [0.717, 1.165) is 11.1 Å². The molecule has 5 heteroatoms. The third-order valence-electron chi connectivity index (χ3n) is 3.26. The molecule has 2 aromatic rings. The van der Waals surface area contributed by atoms with Crippen molar-refractivity contribution in [2.75, 3.05) is 6.54 Å². The normalized spacial score (nSPS) is 12.1. The van der Waals surface area contributed by atoms with Crippen LogP contribution < -0.4 is 11.1 Å². The molecule has 20 heavy (non-hydrogen) atoms. The molecule has 106 valence electrons. The second-order valence-corrected chi connectivity index (χ2v) is 4.83. The van der Waals surface area contributed by atoms with Crippen molar-refractivity contribution in [1.29, 1.82) is 0 Å². The minimum Gasteiger partial charge on any atom is -0.352 e.